The van der Waals surface area contributed by atoms with Crippen molar-refractivity contribution in [2.24, 2.45) is 0 Å². The normalized spacial score (nSPS) is 12.4. The minimum Gasteiger partial charge on any atom is -0.449 e. The van der Waals surface area contributed by atoms with E-state index in [1.165, 1.54) is 25.1 Å². The zero-order valence-corrected chi connectivity index (χ0v) is 14.7. The highest BCUT2D eigenvalue weighted by Gasteiger charge is 2.29. The average Bonchev–Trinajstić information content (AvgIpc) is 3.06. The Hall–Kier alpha value is -3.12. The minimum atomic E-state index is -4.43. The molecular formula is C18H13F3N2O3S. The van der Waals surface area contributed by atoms with Crippen LogP contribution in [0.2, 0.25) is 0 Å². The van der Waals surface area contributed by atoms with Gasteiger partial charge in [-0.25, -0.2) is 4.79 Å². The highest BCUT2D eigenvalue weighted by atomic mass is 32.1. The van der Waals surface area contributed by atoms with Crippen molar-refractivity contribution < 1.29 is 27.5 Å². The number of halogens is 3. The smallest absolute Gasteiger partial charge is 0.416 e. The summed E-state index contributed by atoms with van der Waals surface area (Å²) in [7, 11) is 0. The van der Waals surface area contributed by atoms with Gasteiger partial charge < -0.3 is 10.1 Å². The molecular weight excluding hydrogens is 381 g/mol. The number of nitrogens with one attached hydrogen (secondary N) is 1. The van der Waals surface area contributed by atoms with Gasteiger partial charge in [0.05, 0.1) is 11.1 Å². The monoisotopic (exact) mass is 394 g/mol. The lowest BCUT2D eigenvalue weighted by Crippen LogP contribution is -2.29. The molecule has 0 aliphatic carbocycles. The van der Waals surface area contributed by atoms with Crippen LogP contribution < -0.4 is 5.32 Å². The maximum Gasteiger partial charge on any atom is 0.416 e. The second-order valence-corrected chi connectivity index (χ2v) is 6.21. The van der Waals surface area contributed by atoms with E-state index in [4.69, 9.17) is 10.00 Å². The first kappa shape index (κ1) is 20.2. The Morgan fingerprint density at radius 2 is 1.93 bits per heavy atom. The molecule has 0 saturated carbocycles. The summed E-state index contributed by atoms with van der Waals surface area (Å²) in [5.41, 5.74) is -0.124. The second kappa shape index (κ2) is 8.51. The number of alkyl halides is 3. The fourth-order valence-corrected chi connectivity index (χ4v) is 2.66. The fourth-order valence-electron chi connectivity index (χ4n) is 1.92. The van der Waals surface area contributed by atoms with Crippen LogP contribution >= 0.6 is 11.3 Å². The SMILES string of the molecule is C[C@@H](OC(=O)/C=C/c1ccc(C(F)(F)F)cc1)C(=O)Nc1sccc1C#N. The molecule has 0 radical (unpaired) electrons. The van der Waals surface area contributed by atoms with Crippen molar-refractivity contribution in [3.05, 3.63) is 58.5 Å². The van der Waals surface area contributed by atoms with Crippen molar-refractivity contribution in [3.63, 3.8) is 0 Å². The summed E-state index contributed by atoms with van der Waals surface area (Å²) >= 11 is 1.16. The van der Waals surface area contributed by atoms with E-state index in [9.17, 15) is 22.8 Å². The second-order valence-electron chi connectivity index (χ2n) is 5.30. The number of rotatable bonds is 5. The third-order valence-electron chi connectivity index (χ3n) is 3.33. The highest BCUT2D eigenvalue weighted by molar-refractivity contribution is 7.14. The van der Waals surface area contributed by atoms with Crippen LogP contribution in [0.1, 0.15) is 23.6 Å². The topological polar surface area (TPSA) is 79.2 Å². The van der Waals surface area contributed by atoms with Gasteiger partial charge in [0.15, 0.2) is 6.10 Å². The molecule has 1 aromatic heterocycles. The number of carbonyl (C=O) groups is 2. The van der Waals surface area contributed by atoms with Crippen LogP contribution in [-0.2, 0) is 20.5 Å². The van der Waals surface area contributed by atoms with Crippen LogP contribution in [0.25, 0.3) is 6.08 Å². The Balaban J connectivity index is 1.91. The highest BCUT2D eigenvalue weighted by Crippen LogP contribution is 2.29. The summed E-state index contributed by atoms with van der Waals surface area (Å²) in [6, 6.07) is 7.68. The molecule has 140 valence electrons. The van der Waals surface area contributed by atoms with Crippen molar-refractivity contribution in [3.8, 4) is 6.07 Å². The molecule has 0 spiro atoms. The zero-order chi connectivity index (χ0) is 20.0. The molecule has 1 amide bonds. The lowest BCUT2D eigenvalue weighted by Gasteiger charge is -2.11. The molecule has 0 aliphatic rings. The number of thiophene rings is 1. The third-order valence-corrected chi connectivity index (χ3v) is 4.16. The van der Waals surface area contributed by atoms with Crippen molar-refractivity contribution >= 4 is 34.3 Å². The van der Waals surface area contributed by atoms with E-state index in [1.54, 1.807) is 11.4 Å². The zero-order valence-electron chi connectivity index (χ0n) is 13.9. The molecule has 0 bridgehead atoms. The van der Waals surface area contributed by atoms with E-state index in [2.05, 4.69) is 5.32 Å². The molecule has 1 atom stereocenters. The fraction of sp³-hybridized carbons (Fsp3) is 0.167. The summed E-state index contributed by atoms with van der Waals surface area (Å²) < 4.78 is 42.4. The maximum atomic E-state index is 12.5. The van der Waals surface area contributed by atoms with Gasteiger partial charge in [0.2, 0.25) is 0 Å². The molecule has 2 rings (SSSR count). The van der Waals surface area contributed by atoms with Crippen molar-refractivity contribution in [1.29, 1.82) is 5.26 Å². The molecule has 0 fully saturated rings. The number of benzene rings is 1. The van der Waals surface area contributed by atoms with Gasteiger partial charge in [-0.3, -0.25) is 4.79 Å². The Morgan fingerprint density at radius 1 is 1.26 bits per heavy atom. The first-order chi connectivity index (χ1) is 12.7. The first-order valence-corrected chi connectivity index (χ1v) is 8.43. The van der Waals surface area contributed by atoms with Crippen LogP contribution in [0, 0.1) is 11.3 Å². The summed E-state index contributed by atoms with van der Waals surface area (Å²) in [5, 5.41) is 13.4. The quantitative estimate of drug-likeness (QED) is 0.608. The molecule has 5 nitrogen and oxygen atoms in total. The molecule has 1 N–H and O–H groups in total. The van der Waals surface area contributed by atoms with Crippen LogP contribution in [0.5, 0.6) is 0 Å². The van der Waals surface area contributed by atoms with Gasteiger partial charge in [-0.2, -0.15) is 18.4 Å². The van der Waals surface area contributed by atoms with E-state index in [0.717, 1.165) is 29.5 Å². The average molecular weight is 394 g/mol. The Bertz CT molecular complexity index is 896. The molecule has 1 aromatic carbocycles. The van der Waals surface area contributed by atoms with Crippen LogP contribution in [0.15, 0.2) is 41.8 Å². The minimum absolute atomic E-state index is 0.300. The van der Waals surface area contributed by atoms with Gasteiger partial charge >= 0.3 is 12.1 Å². The van der Waals surface area contributed by atoms with E-state index >= 15 is 0 Å². The predicted octanol–water partition coefficient (Wildman–Crippen LogP) is 4.22. The molecule has 9 heteroatoms. The third kappa shape index (κ3) is 5.69. The molecule has 1 heterocycles. The lowest BCUT2D eigenvalue weighted by molar-refractivity contribution is -0.148. The van der Waals surface area contributed by atoms with Gasteiger partial charge in [-0.1, -0.05) is 12.1 Å². The number of esters is 1. The Kier molecular flexibility index (Phi) is 6.36. The maximum absolute atomic E-state index is 12.5. The number of ether oxygens (including phenoxy) is 1. The molecule has 0 aliphatic heterocycles. The van der Waals surface area contributed by atoms with Gasteiger partial charge in [0.1, 0.15) is 11.1 Å². The largest absolute Gasteiger partial charge is 0.449 e. The van der Waals surface area contributed by atoms with E-state index < -0.39 is 29.7 Å². The van der Waals surface area contributed by atoms with Crippen LogP contribution in [0.4, 0.5) is 18.2 Å². The van der Waals surface area contributed by atoms with Crippen LogP contribution in [-0.4, -0.2) is 18.0 Å². The van der Waals surface area contributed by atoms with Gasteiger partial charge in [0.25, 0.3) is 5.91 Å². The summed E-state index contributed by atoms with van der Waals surface area (Å²) in [6.45, 7) is 1.36. The van der Waals surface area contributed by atoms with Gasteiger partial charge in [-0.05, 0) is 42.1 Å². The van der Waals surface area contributed by atoms with Crippen LogP contribution in [0.3, 0.4) is 0 Å². The number of anilines is 1. The number of carbonyl (C=O) groups excluding carboxylic acids is 2. The Morgan fingerprint density at radius 3 is 2.52 bits per heavy atom. The number of nitrogens with zero attached hydrogens (tertiary/aromatic N) is 1. The number of hydrogen-bond donors (Lipinski definition) is 1. The molecule has 0 saturated heterocycles. The van der Waals surface area contributed by atoms with E-state index in [0.29, 0.717) is 16.1 Å². The molecule has 2 aromatic rings. The number of nitriles is 1. The standard InChI is InChI=1S/C18H13F3N2O3S/c1-11(16(25)23-17-13(10-22)8-9-27-17)26-15(24)7-4-12-2-5-14(6-3-12)18(19,20)21/h2-9,11H,1H3,(H,23,25)/b7-4+/t11-/m1/s1. The van der Waals surface area contributed by atoms with Gasteiger partial charge in [0, 0.05) is 6.08 Å². The number of amides is 1. The van der Waals surface area contributed by atoms with E-state index in [-0.39, 0.29) is 0 Å². The predicted molar refractivity (Wildman–Crippen MR) is 93.7 cm³/mol. The van der Waals surface area contributed by atoms with Crippen molar-refractivity contribution in [2.45, 2.75) is 19.2 Å². The first-order valence-electron chi connectivity index (χ1n) is 7.55. The summed E-state index contributed by atoms with van der Waals surface area (Å²) in [5.74, 6) is -1.44. The van der Waals surface area contributed by atoms with E-state index in [1.807, 2.05) is 6.07 Å². The Labute approximate surface area is 156 Å². The van der Waals surface area contributed by atoms with Gasteiger partial charge in [-0.15, -0.1) is 11.3 Å². The van der Waals surface area contributed by atoms with Crippen molar-refractivity contribution in [1.82, 2.24) is 0 Å². The summed E-state index contributed by atoms with van der Waals surface area (Å²) in [4.78, 5) is 23.8. The lowest BCUT2D eigenvalue weighted by atomic mass is 10.1. The molecule has 0 unspecified atom stereocenters. The molecule has 27 heavy (non-hydrogen) atoms. The van der Waals surface area contributed by atoms with Crippen molar-refractivity contribution in [2.75, 3.05) is 5.32 Å². The summed E-state index contributed by atoms with van der Waals surface area (Å²) in [6.07, 6.45) is -3.26. The number of hydrogen-bond acceptors (Lipinski definition) is 5.